The zero-order valence-electron chi connectivity index (χ0n) is 12.4. The fourth-order valence-electron chi connectivity index (χ4n) is 1.79. The van der Waals surface area contributed by atoms with Crippen molar-refractivity contribution in [3.05, 3.63) is 34.3 Å². The average Bonchev–Trinajstić information content (AvgIpc) is 2.90. The van der Waals surface area contributed by atoms with Gasteiger partial charge in [-0.15, -0.1) is 0 Å². The molecule has 8 heteroatoms. The van der Waals surface area contributed by atoms with E-state index >= 15 is 0 Å². The number of aromatic nitrogens is 2. The molecule has 0 aliphatic carbocycles. The van der Waals surface area contributed by atoms with Crippen LogP contribution in [0.5, 0.6) is 0 Å². The monoisotopic (exact) mass is 367 g/mol. The van der Waals surface area contributed by atoms with Gasteiger partial charge in [-0.3, -0.25) is 4.79 Å². The molecule has 0 spiro atoms. The van der Waals surface area contributed by atoms with E-state index in [1.165, 1.54) is 0 Å². The summed E-state index contributed by atoms with van der Waals surface area (Å²) in [5.41, 5.74) is 0.873. The van der Waals surface area contributed by atoms with Crippen LogP contribution in [0.2, 0.25) is 0 Å². The van der Waals surface area contributed by atoms with Crippen molar-refractivity contribution in [2.75, 3.05) is 30.3 Å². The van der Waals surface area contributed by atoms with E-state index in [-0.39, 0.29) is 11.7 Å². The van der Waals surface area contributed by atoms with E-state index in [4.69, 9.17) is 4.42 Å². The van der Waals surface area contributed by atoms with Gasteiger partial charge in [0.1, 0.15) is 5.82 Å². The van der Waals surface area contributed by atoms with Crippen molar-refractivity contribution in [3.63, 3.8) is 0 Å². The first-order valence-corrected chi connectivity index (χ1v) is 7.74. The summed E-state index contributed by atoms with van der Waals surface area (Å²) in [5, 5.41) is 8.97. The van der Waals surface area contributed by atoms with Crippen LogP contribution in [-0.2, 0) is 0 Å². The molecule has 22 heavy (non-hydrogen) atoms. The van der Waals surface area contributed by atoms with Crippen LogP contribution in [0.4, 0.5) is 11.8 Å². The van der Waals surface area contributed by atoms with Gasteiger partial charge in [0.05, 0.1) is 0 Å². The van der Waals surface area contributed by atoms with E-state index in [0.717, 1.165) is 18.1 Å². The first-order chi connectivity index (χ1) is 10.6. The van der Waals surface area contributed by atoms with Gasteiger partial charge in [-0.1, -0.05) is 0 Å². The van der Waals surface area contributed by atoms with Gasteiger partial charge < -0.3 is 20.4 Å². The Morgan fingerprint density at radius 3 is 2.77 bits per heavy atom. The van der Waals surface area contributed by atoms with E-state index < -0.39 is 0 Å². The van der Waals surface area contributed by atoms with Crippen LogP contribution in [0.15, 0.2) is 27.3 Å². The molecule has 2 aromatic heterocycles. The highest BCUT2D eigenvalue weighted by Crippen LogP contribution is 2.13. The maximum absolute atomic E-state index is 11.8. The van der Waals surface area contributed by atoms with Gasteiger partial charge in [0.25, 0.3) is 5.91 Å². The minimum absolute atomic E-state index is 0.258. The van der Waals surface area contributed by atoms with E-state index in [9.17, 15) is 4.79 Å². The van der Waals surface area contributed by atoms with Crippen molar-refractivity contribution in [3.8, 4) is 0 Å². The molecular weight excluding hydrogens is 350 g/mol. The summed E-state index contributed by atoms with van der Waals surface area (Å²) in [6.45, 7) is 5.66. The van der Waals surface area contributed by atoms with Gasteiger partial charge >= 0.3 is 0 Å². The third-order valence-electron chi connectivity index (χ3n) is 2.70. The minimum atomic E-state index is -0.258. The predicted octanol–water partition coefficient (Wildman–Crippen LogP) is 2.41. The van der Waals surface area contributed by atoms with E-state index in [0.29, 0.717) is 23.7 Å². The summed E-state index contributed by atoms with van der Waals surface area (Å²) in [7, 11) is 0. The number of carbonyl (C=O) groups is 1. The van der Waals surface area contributed by atoms with Gasteiger partial charge in [-0.05, 0) is 41.9 Å². The number of aryl methyl sites for hydroxylation is 1. The minimum Gasteiger partial charge on any atom is -0.444 e. The zero-order valence-corrected chi connectivity index (χ0v) is 14.0. The van der Waals surface area contributed by atoms with Gasteiger partial charge in [-0.2, -0.15) is 4.98 Å². The molecule has 2 rings (SSSR count). The number of halogens is 1. The Kier molecular flexibility index (Phi) is 5.76. The number of hydrogen-bond acceptors (Lipinski definition) is 6. The Bertz CT molecular complexity index is 644. The molecule has 2 aromatic rings. The molecule has 0 unspecified atom stereocenters. The second-order valence-electron chi connectivity index (χ2n) is 4.53. The van der Waals surface area contributed by atoms with Crippen LogP contribution in [0.3, 0.4) is 0 Å². The number of carbonyl (C=O) groups excluding carboxylic acids is 1. The lowest BCUT2D eigenvalue weighted by Gasteiger charge is -2.09. The zero-order chi connectivity index (χ0) is 15.9. The maximum atomic E-state index is 11.8. The van der Waals surface area contributed by atoms with Crippen molar-refractivity contribution in [2.24, 2.45) is 0 Å². The van der Waals surface area contributed by atoms with Crippen LogP contribution in [0.25, 0.3) is 0 Å². The summed E-state index contributed by atoms with van der Waals surface area (Å²) in [6, 6.07) is 5.17. The summed E-state index contributed by atoms with van der Waals surface area (Å²) in [5.74, 6) is 1.33. The number of hydrogen-bond donors (Lipinski definition) is 3. The summed E-state index contributed by atoms with van der Waals surface area (Å²) in [6.07, 6.45) is 0. The van der Waals surface area contributed by atoms with Crippen LogP contribution < -0.4 is 16.0 Å². The topological polar surface area (TPSA) is 92.1 Å². The van der Waals surface area contributed by atoms with E-state index in [2.05, 4.69) is 41.8 Å². The van der Waals surface area contributed by atoms with Gasteiger partial charge in [0.15, 0.2) is 10.4 Å². The van der Waals surface area contributed by atoms with E-state index in [1.54, 1.807) is 12.1 Å². The number of nitrogens with zero attached hydrogens (tertiary/aromatic N) is 2. The van der Waals surface area contributed by atoms with Crippen LogP contribution in [-0.4, -0.2) is 35.5 Å². The molecule has 0 aromatic carbocycles. The SMILES string of the molecule is CCNc1cc(C)nc(NCCNC(=O)c2ccc(Br)o2)n1. The Labute approximate surface area is 137 Å². The normalized spacial score (nSPS) is 10.3. The lowest BCUT2D eigenvalue weighted by molar-refractivity contribution is 0.0926. The Hall–Kier alpha value is -2.09. The Morgan fingerprint density at radius 1 is 1.27 bits per heavy atom. The summed E-state index contributed by atoms with van der Waals surface area (Å²) >= 11 is 3.16. The van der Waals surface area contributed by atoms with Crippen molar-refractivity contribution < 1.29 is 9.21 Å². The van der Waals surface area contributed by atoms with Crippen molar-refractivity contribution in [1.82, 2.24) is 15.3 Å². The van der Waals surface area contributed by atoms with Gasteiger partial charge in [0, 0.05) is 31.4 Å². The summed E-state index contributed by atoms with van der Waals surface area (Å²) < 4.78 is 5.70. The number of nitrogens with one attached hydrogen (secondary N) is 3. The van der Waals surface area contributed by atoms with Gasteiger partial charge in [0.2, 0.25) is 5.95 Å². The molecule has 0 aliphatic heterocycles. The predicted molar refractivity (Wildman–Crippen MR) is 88.2 cm³/mol. The molecule has 0 saturated heterocycles. The van der Waals surface area contributed by atoms with Crippen LogP contribution in [0.1, 0.15) is 23.2 Å². The van der Waals surface area contributed by atoms with Crippen molar-refractivity contribution >= 4 is 33.6 Å². The first kappa shape index (κ1) is 16.3. The number of amides is 1. The lowest BCUT2D eigenvalue weighted by Crippen LogP contribution is -2.28. The van der Waals surface area contributed by atoms with Crippen molar-refractivity contribution in [2.45, 2.75) is 13.8 Å². The highest BCUT2D eigenvalue weighted by molar-refractivity contribution is 9.10. The molecular formula is C14H18BrN5O2. The fourth-order valence-corrected chi connectivity index (χ4v) is 2.10. The number of furan rings is 1. The second-order valence-corrected chi connectivity index (χ2v) is 5.32. The molecule has 1 amide bonds. The third kappa shape index (κ3) is 4.73. The van der Waals surface area contributed by atoms with Crippen LogP contribution >= 0.6 is 15.9 Å². The van der Waals surface area contributed by atoms with Gasteiger partial charge in [-0.25, -0.2) is 4.98 Å². The molecule has 0 aliphatic rings. The molecule has 0 saturated carbocycles. The quantitative estimate of drug-likeness (QED) is 0.650. The molecule has 0 radical (unpaired) electrons. The first-order valence-electron chi connectivity index (χ1n) is 6.95. The molecule has 0 atom stereocenters. The molecule has 0 bridgehead atoms. The maximum Gasteiger partial charge on any atom is 0.287 e. The standard InChI is InChI=1S/C14H18BrN5O2/c1-3-16-12-8-9(2)19-14(20-12)18-7-6-17-13(21)10-4-5-11(15)22-10/h4-5,8H,3,6-7H2,1-2H3,(H,17,21)(H2,16,18,19,20). The second kappa shape index (κ2) is 7.79. The lowest BCUT2D eigenvalue weighted by atomic mass is 10.4. The summed E-state index contributed by atoms with van der Waals surface area (Å²) in [4.78, 5) is 20.4. The highest BCUT2D eigenvalue weighted by atomic mass is 79.9. The largest absolute Gasteiger partial charge is 0.444 e. The number of anilines is 2. The van der Waals surface area contributed by atoms with Crippen molar-refractivity contribution in [1.29, 1.82) is 0 Å². The molecule has 0 fully saturated rings. The Morgan fingerprint density at radius 2 is 2.09 bits per heavy atom. The van der Waals surface area contributed by atoms with E-state index in [1.807, 2.05) is 19.9 Å². The third-order valence-corrected chi connectivity index (χ3v) is 3.13. The number of rotatable bonds is 7. The average molecular weight is 368 g/mol. The Balaban J connectivity index is 1.80. The fraction of sp³-hybridized carbons (Fsp3) is 0.357. The molecule has 7 nitrogen and oxygen atoms in total. The molecule has 118 valence electrons. The van der Waals surface area contributed by atoms with Crippen LogP contribution in [0, 0.1) is 6.92 Å². The molecule has 3 N–H and O–H groups in total. The molecule has 2 heterocycles. The smallest absolute Gasteiger partial charge is 0.287 e. The highest BCUT2D eigenvalue weighted by Gasteiger charge is 2.09.